The monoisotopic (exact) mass is 288 g/mol. The Morgan fingerprint density at radius 2 is 1.68 bits per heavy atom. The van der Waals surface area contributed by atoms with Gasteiger partial charge in [-0.3, -0.25) is 0 Å². The van der Waals surface area contributed by atoms with Crippen molar-refractivity contribution in [3.05, 3.63) is 0 Å². The Labute approximate surface area is 117 Å². The van der Waals surface area contributed by atoms with Crippen LogP contribution in [0.15, 0.2) is 0 Å². The molecule has 2 N–H and O–H groups in total. The molecule has 2 aliphatic carbocycles. The van der Waals surface area contributed by atoms with Gasteiger partial charge >= 0.3 is 0 Å². The second-order valence-corrected chi connectivity index (χ2v) is 8.09. The molecule has 0 atom stereocenters. The van der Waals surface area contributed by atoms with Gasteiger partial charge in [-0.2, -0.15) is 4.31 Å². The average Bonchev–Trinajstić information content (AvgIpc) is 2.32. The van der Waals surface area contributed by atoms with E-state index in [1.165, 1.54) is 25.7 Å². The molecular formula is C14H28N2O2S. The van der Waals surface area contributed by atoms with E-state index in [-0.39, 0.29) is 6.04 Å². The molecule has 0 aliphatic heterocycles. The summed E-state index contributed by atoms with van der Waals surface area (Å²) in [5.74, 6) is 0.757. The zero-order valence-electron chi connectivity index (χ0n) is 11.9. The Morgan fingerprint density at radius 1 is 1.00 bits per heavy atom. The second kappa shape index (κ2) is 7.04. The number of hydrogen-bond donors (Lipinski definition) is 1. The van der Waals surface area contributed by atoms with Crippen molar-refractivity contribution < 1.29 is 8.42 Å². The molecule has 2 fully saturated rings. The second-order valence-electron chi connectivity index (χ2n) is 6.12. The van der Waals surface area contributed by atoms with Crippen molar-refractivity contribution in [3.8, 4) is 0 Å². The zero-order valence-corrected chi connectivity index (χ0v) is 12.7. The Balaban J connectivity index is 1.96. The van der Waals surface area contributed by atoms with E-state index >= 15 is 0 Å². The molecule has 0 aromatic rings. The van der Waals surface area contributed by atoms with E-state index in [0.29, 0.717) is 24.8 Å². The maximum atomic E-state index is 12.6. The number of hydrogen-bond acceptors (Lipinski definition) is 3. The van der Waals surface area contributed by atoms with E-state index in [9.17, 15) is 8.42 Å². The van der Waals surface area contributed by atoms with Crippen LogP contribution in [0.3, 0.4) is 0 Å². The third kappa shape index (κ3) is 4.17. The first-order valence-corrected chi connectivity index (χ1v) is 9.44. The van der Waals surface area contributed by atoms with Gasteiger partial charge in [0.1, 0.15) is 0 Å². The van der Waals surface area contributed by atoms with Crippen molar-refractivity contribution in [1.29, 1.82) is 0 Å². The van der Waals surface area contributed by atoms with Crippen LogP contribution in [0.5, 0.6) is 0 Å². The SMILES string of the molecule is NCCCN(C1CCC1)S(=O)(=O)CC1CCCCC1. The lowest BCUT2D eigenvalue weighted by atomic mass is 9.91. The summed E-state index contributed by atoms with van der Waals surface area (Å²) < 4.78 is 27.0. The third-order valence-corrected chi connectivity index (χ3v) is 6.68. The molecule has 0 aromatic heterocycles. The summed E-state index contributed by atoms with van der Waals surface area (Å²) in [6, 6.07) is 0.264. The molecule has 4 nitrogen and oxygen atoms in total. The van der Waals surface area contributed by atoms with Crippen LogP contribution >= 0.6 is 0 Å². The van der Waals surface area contributed by atoms with Crippen molar-refractivity contribution in [2.24, 2.45) is 11.7 Å². The molecule has 2 saturated carbocycles. The predicted octanol–water partition coefficient (Wildman–Crippen LogP) is 2.10. The highest BCUT2D eigenvalue weighted by Crippen LogP contribution is 2.30. The highest BCUT2D eigenvalue weighted by atomic mass is 32.2. The lowest BCUT2D eigenvalue weighted by molar-refractivity contribution is 0.216. The smallest absolute Gasteiger partial charge is 0.214 e. The molecule has 2 aliphatic rings. The van der Waals surface area contributed by atoms with Gasteiger partial charge in [0.2, 0.25) is 10.0 Å². The molecule has 0 amide bonds. The fraction of sp³-hybridized carbons (Fsp3) is 1.00. The van der Waals surface area contributed by atoms with E-state index in [1.54, 1.807) is 4.31 Å². The Hall–Kier alpha value is -0.130. The van der Waals surface area contributed by atoms with Crippen LogP contribution in [0.4, 0.5) is 0 Å². The molecule has 0 spiro atoms. The normalized spacial score (nSPS) is 22.6. The fourth-order valence-corrected chi connectivity index (χ4v) is 5.41. The van der Waals surface area contributed by atoms with Gasteiger partial charge in [-0.1, -0.05) is 25.7 Å². The number of nitrogens with zero attached hydrogens (tertiary/aromatic N) is 1. The van der Waals surface area contributed by atoms with Gasteiger partial charge in [0.25, 0.3) is 0 Å². The van der Waals surface area contributed by atoms with Crippen LogP contribution in [0.2, 0.25) is 0 Å². The summed E-state index contributed by atoms with van der Waals surface area (Å²) in [5.41, 5.74) is 5.54. The first-order valence-electron chi connectivity index (χ1n) is 7.83. The highest BCUT2D eigenvalue weighted by Gasteiger charge is 2.34. The van der Waals surface area contributed by atoms with Gasteiger partial charge in [-0.05, 0) is 44.6 Å². The van der Waals surface area contributed by atoms with Crippen LogP contribution in [0, 0.1) is 5.92 Å². The lowest BCUT2D eigenvalue weighted by Crippen LogP contribution is -2.47. The molecule has 2 rings (SSSR count). The minimum Gasteiger partial charge on any atom is -0.330 e. The van der Waals surface area contributed by atoms with Gasteiger partial charge in [-0.15, -0.1) is 0 Å². The standard InChI is InChI=1S/C14H28N2O2S/c15-10-5-11-16(14-8-4-9-14)19(17,18)12-13-6-2-1-3-7-13/h13-14H,1-12,15H2. The molecule has 0 aromatic carbocycles. The number of sulfonamides is 1. The minimum atomic E-state index is -3.08. The molecule has 0 saturated heterocycles. The number of rotatable bonds is 7. The van der Waals surface area contributed by atoms with Crippen LogP contribution in [-0.2, 0) is 10.0 Å². The average molecular weight is 288 g/mol. The summed E-state index contributed by atoms with van der Waals surface area (Å²) >= 11 is 0. The van der Waals surface area contributed by atoms with Crippen molar-refractivity contribution in [2.45, 2.75) is 63.8 Å². The van der Waals surface area contributed by atoms with Crippen molar-refractivity contribution in [3.63, 3.8) is 0 Å². The predicted molar refractivity (Wildman–Crippen MR) is 78.4 cm³/mol. The van der Waals surface area contributed by atoms with Crippen molar-refractivity contribution >= 4 is 10.0 Å². The largest absolute Gasteiger partial charge is 0.330 e. The van der Waals surface area contributed by atoms with E-state index < -0.39 is 10.0 Å². The molecule has 19 heavy (non-hydrogen) atoms. The summed E-state index contributed by atoms with van der Waals surface area (Å²) in [6.45, 7) is 1.19. The molecular weight excluding hydrogens is 260 g/mol. The van der Waals surface area contributed by atoms with Gasteiger partial charge in [0.05, 0.1) is 5.75 Å². The molecule has 112 valence electrons. The van der Waals surface area contributed by atoms with Gasteiger partial charge in [0.15, 0.2) is 0 Å². The Morgan fingerprint density at radius 3 is 2.21 bits per heavy atom. The first-order chi connectivity index (χ1) is 9.13. The van der Waals surface area contributed by atoms with Crippen LogP contribution in [-0.4, -0.2) is 37.6 Å². The quantitative estimate of drug-likeness (QED) is 0.780. The van der Waals surface area contributed by atoms with E-state index in [4.69, 9.17) is 5.73 Å². The summed E-state index contributed by atoms with van der Waals surface area (Å²) in [6.07, 6.45) is 9.88. The molecule has 0 unspecified atom stereocenters. The molecule has 0 radical (unpaired) electrons. The summed E-state index contributed by atoms with van der Waals surface area (Å²) in [7, 11) is -3.08. The van der Waals surface area contributed by atoms with Gasteiger partial charge < -0.3 is 5.73 Å². The van der Waals surface area contributed by atoms with Crippen LogP contribution in [0.1, 0.15) is 57.8 Å². The first kappa shape index (κ1) is 15.3. The summed E-state index contributed by atoms with van der Waals surface area (Å²) in [4.78, 5) is 0. The van der Waals surface area contributed by atoms with Crippen LogP contribution in [0.25, 0.3) is 0 Å². The van der Waals surface area contributed by atoms with Crippen molar-refractivity contribution in [2.75, 3.05) is 18.8 Å². The Kier molecular flexibility index (Phi) is 5.66. The molecule has 0 heterocycles. The fourth-order valence-electron chi connectivity index (χ4n) is 3.22. The van der Waals surface area contributed by atoms with E-state index in [0.717, 1.165) is 32.1 Å². The molecule has 0 bridgehead atoms. The van der Waals surface area contributed by atoms with Crippen LogP contribution < -0.4 is 5.73 Å². The highest BCUT2D eigenvalue weighted by molar-refractivity contribution is 7.89. The van der Waals surface area contributed by atoms with E-state index in [1.807, 2.05) is 0 Å². The van der Waals surface area contributed by atoms with Gasteiger partial charge in [-0.25, -0.2) is 8.42 Å². The summed E-state index contributed by atoms with van der Waals surface area (Å²) in [5, 5.41) is 0. The van der Waals surface area contributed by atoms with Crippen molar-refractivity contribution in [1.82, 2.24) is 4.31 Å². The minimum absolute atomic E-state index is 0.264. The Bertz CT molecular complexity index is 360. The van der Waals surface area contributed by atoms with Gasteiger partial charge in [0, 0.05) is 12.6 Å². The maximum absolute atomic E-state index is 12.6. The zero-order chi connectivity index (χ0) is 13.7. The maximum Gasteiger partial charge on any atom is 0.214 e. The topological polar surface area (TPSA) is 63.4 Å². The number of nitrogens with two attached hydrogens (primary N) is 1. The molecule has 5 heteroatoms. The third-order valence-electron chi connectivity index (χ3n) is 4.59. The lowest BCUT2D eigenvalue weighted by Gasteiger charge is -2.37. The van der Waals surface area contributed by atoms with E-state index in [2.05, 4.69) is 0 Å².